The molecule has 0 saturated carbocycles. The molecular formula is C45H43F9N4O6S. The van der Waals surface area contributed by atoms with Crippen LogP contribution < -0.4 is 5.32 Å². The summed E-state index contributed by atoms with van der Waals surface area (Å²) in [5.41, 5.74) is -1.72. The second kappa shape index (κ2) is 18.8. The van der Waals surface area contributed by atoms with E-state index in [1.54, 1.807) is 25.1 Å². The standard InChI is InChI=1S/C45H43F9N4O6S/c1-2-19-65(61,62)35-10-5-29(6-11-35)40-42(64-26-27-20-32(44(49,50)51)22-33(21-27)45(52,53)54)63-18-17-58(40)39(59)25-57-15-13-28(14-16-57)37-24-55-38-12-9-34(23-36(37)38)56-41(60)30-3-7-31(8-4-30)43(46,47)48/h3-12,20-24,28,40,42,55H,2,13-19,25-26H2,1H3,(H,56,60). The van der Waals surface area contributed by atoms with Crippen LogP contribution in [0.5, 0.6) is 0 Å². The van der Waals surface area contributed by atoms with Gasteiger partial charge in [-0.05, 0) is 128 Å². The number of alkyl halides is 9. The zero-order valence-corrected chi connectivity index (χ0v) is 35.4. The molecule has 20 heteroatoms. The van der Waals surface area contributed by atoms with Crippen molar-refractivity contribution in [1.29, 1.82) is 0 Å². The number of amides is 2. The molecule has 7 rings (SSSR count). The number of likely N-dealkylation sites (tertiary alicyclic amines) is 1. The van der Waals surface area contributed by atoms with Crippen molar-refractivity contribution < 1.29 is 67.0 Å². The molecule has 1 aromatic heterocycles. The number of hydrogen-bond donors (Lipinski definition) is 2. The summed E-state index contributed by atoms with van der Waals surface area (Å²) in [7, 11) is -3.64. The second-order valence-corrected chi connectivity index (χ2v) is 18.1. The predicted molar refractivity (Wildman–Crippen MR) is 220 cm³/mol. The van der Waals surface area contributed by atoms with E-state index in [1.807, 2.05) is 11.1 Å². The van der Waals surface area contributed by atoms with Crippen LogP contribution in [-0.4, -0.2) is 79.8 Å². The van der Waals surface area contributed by atoms with Gasteiger partial charge in [-0.2, -0.15) is 39.5 Å². The summed E-state index contributed by atoms with van der Waals surface area (Å²) in [4.78, 5) is 33.8. The van der Waals surface area contributed by atoms with Crippen LogP contribution in [0.25, 0.3) is 10.9 Å². The summed E-state index contributed by atoms with van der Waals surface area (Å²) in [6, 6.07) is 14.8. The Bertz CT molecular complexity index is 2570. The molecule has 0 aliphatic carbocycles. The highest BCUT2D eigenvalue weighted by atomic mass is 32.2. The number of aromatic amines is 1. The van der Waals surface area contributed by atoms with Crippen molar-refractivity contribution in [2.24, 2.45) is 0 Å². The highest BCUT2D eigenvalue weighted by Gasteiger charge is 2.40. The molecule has 2 aliphatic rings. The maximum absolute atomic E-state index is 14.2. The maximum Gasteiger partial charge on any atom is 0.416 e. The molecule has 2 saturated heterocycles. The van der Waals surface area contributed by atoms with Gasteiger partial charge in [0.2, 0.25) is 5.91 Å². The maximum atomic E-state index is 14.2. The summed E-state index contributed by atoms with van der Waals surface area (Å²) in [5.74, 6) is -1.02. The van der Waals surface area contributed by atoms with Crippen LogP contribution in [0.3, 0.4) is 0 Å². The number of ether oxygens (including phenoxy) is 2. The van der Waals surface area contributed by atoms with Gasteiger partial charge in [0.1, 0.15) is 6.04 Å². The first-order valence-electron chi connectivity index (χ1n) is 20.6. The number of carbonyl (C=O) groups excluding carboxylic acids is 2. The molecule has 348 valence electrons. The van der Waals surface area contributed by atoms with E-state index < -0.39 is 75.5 Å². The average molecular weight is 939 g/mol. The third kappa shape index (κ3) is 11.2. The zero-order chi connectivity index (χ0) is 46.9. The van der Waals surface area contributed by atoms with Crippen LogP contribution in [0.4, 0.5) is 45.2 Å². The number of carbonyl (C=O) groups is 2. The van der Waals surface area contributed by atoms with Crippen molar-refractivity contribution in [2.45, 2.75) is 74.5 Å². The first kappa shape index (κ1) is 47.5. The number of fused-ring (bicyclic) bond motifs is 1. The van der Waals surface area contributed by atoms with Gasteiger partial charge >= 0.3 is 18.5 Å². The summed E-state index contributed by atoms with van der Waals surface area (Å²) in [6.07, 6.45) is -12.6. The normalized spacial score (nSPS) is 18.3. The Morgan fingerprint density at radius 1 is 0.800 bits per heavy atom. The number of anilines is 1. The molecule has 0 radical (unpaired) electrons. The lowest BCUT2D eigenvalue weighted by atomic mass is 9.89. The predicted octanol–water partition coefficient (Wildman–Crippen LogP) is 9.98. The molecular weight excluding hydrogens is 896 g/mol. The van der Waals surface area contributed by atoms with Gasteiger partial charge in [0.15, 0.2) is 16.1 Å². The van der Waals surface area contributed by atoms with Crippen LogP contribution in [0, 0.1) is 0 Å². The lowest BCUT2D eigenvalue weighted by Crippen LogP contribution is -2.52. The molecule has 2 aliphatic heterocycles. The van der Waals surface area contributed by atoms with Crippen LogP contribution in [0.1, 0.15) is 81.9 Å². The monoisotopic (exact) mass is 938 g/mol. The van der Waals surface area contributed by atoms with Crippen molar-refractivity contribution in [1.82, 2.24) is 14.8 Å². The quantitative estimate of drug-likeness (QED) is 0.120. The van der Waals surface area contributed by atoms with Crippen molar-refractivity contribution in [3.63, 3.8) is 0 Å². The molecule has 2 fully saturated rings. The Hall–Kier alpha value is -5.44. The van der Waals surface area contributed by atoms with E-state index in [1.165, 1.54) is 29.2 Å². The summed E-state index contributed by atoms with van der Waals surface area (Å²) >= 11 is 0. The highest BCUT2D eigenvalue weighted by Crippen LogP contribution is 2.39. The van der Waals surface area contributed by atoms with Gasteiger partial charge in [-0.1, -0.05) is 19.1 Å². The number of halogens is 9. The molecule has 10 nitrogen and oxygen atoms in total. The number of rotatable bonds is 12. The van der Waals surface area contributed by atoms with Crippen LogP contribution in [-0.2, 0) is 49.2 Å². The molecule has 2 amide bonds. The summed E-state index contributed by atoms with van der Waals surface area (Å²) in [5, 5.41) is 3.57. The average Bonchev–Trinajstić information content (AvgIpc) is 3.68. The molecule has 2 unspecified atom stereocenters. The van der Waals surface area contributed by atoms with Crippen molar-refractivity contribution in [2.75, 3.05) is 43.9 Å². The number of piperidine rings is 1. The van der Waals surface area contributed by atoms with Crippen LogP contribution >= 0.6 is 0 Å². The molecule has 2 atom stereocenters. The van der Waals surface area contributed by atoms with Gasteiger partial charge in [-0.25, -0.2) is 8.42 Å². The van der Waals surface area contributed by atoms with E-state index in [0.717, 1.165) is 40.7 Å². The molecule has 5 aromatic rings. The third-order valence-electron chi connectivity index (χ3n) is 11.5. The van der Waals surface area contributed by atoms with Crippen molar-refractivity contribution in [3.8, 4) is 0 Å². The first-order valence-corrected chi connectivity index (χ1v) is 22.2. The number of H-pyrrole nitrogens is 1. The molecule has 0 spiro atoms. The molecule has 0 bridgehead atoms. The Balaban J connectivity index is 1.05. The lowest BCUT2D eigenvalue weighted by Gasteiger charge is -2.42. The Kier molecular flexibility index (Phi) is 13.8. The smallest absolute Gasteiger partial charge is 0.361 e. The molecule has 65 heavy (non-hydrogen) atoms. The van der Waals surface area contributed by atoms with Crippen molar-refractivity contribution in [3.05, 3.63) is 130 Å². The summed E-state index contributed by atoms with van der Waals surface area (Å²) < 4.78 is 158. The first-order chi connectivity index (χ1) is 30.6. The lowest BCUT2D eigenvalue weighted by molar-refractivity contribution is -0.217. The van der Waals surface area contributed by atoms with Gasteiger partial charge in [0.25, 0.3) is 5.91 Å². The fourth-order valence-corrected chi connectivity index (χ4v) is 9.52. The van der Waals surface area contributed by atoms with E-state index in [2.05, 4.69) is 10.3 Å². The molecule has 3 heterocycles. The van der Waals surface area contributed by atoms with Gasteiger partial charge in [0, 0.05) is 34.9 Å². The fourth-order valence-electron chi connectivity index (χ4n) is 8.20. The fraction of sp³-hybridized carbons (Fsp3) is 0.378. The topological polar surface area (TPSA) is 121 Å². The van der Waals surface area contributed by atoms with E-state index in [-0.39, 0.29) is 53.8 Å². The molecule has 2 N–H and O–H groups in total. The van der Waals surface area contributed by atoms with Gasteiger partial charge in [-0.15, -0.1) is 0 Å². The van der Waals surface area contributed by atoms with Gasteiger partial charge in [-0.3, -0.25) is 14.5 Å². The van der Waals surface area contributed by atoms with Gasteiger partial charge < -0.3 is 24.7 Å². The summed E-state index contributed by atoms with van der Waals surface area (Å²) in [6.45, 7) is 1.85. The minimum absolute atomic E-state index is 0.0107. The second-order valence-electron chi connectivity index (χ2n) is 16.0. The Morgan fingerprint density at radius 2 is 1.43 bits per heavy atom. The van der Waals surface area contributed by atoms with E-state index >= 15 is 0 Å². The van der Waals surface area contributed by atoms with Crippen LogP contribution in [0.2, 0.25) is 0 Å². The van der Waals surface area contributed by atoms with Crippen LogP contribution in [0.15, 0.2) is 96.0 Å². The number of morpholine rings is 1. The Labute approximate surface area is 367 Å². The number of nitrogens with zero attached hydrogens (tertiary/aromatic N) is 2. The third-order valence-corrected chi connectivity index (χ3v) is 13.4. The largest absolute Gasteiger partial charge is 0.416 e. The number of hydrogen-bond acceptors (Lipinski definition) is 7. The Morgan fingerprint density at radius 3 is 2.03 bits per heavy atom. The number of benzene rings is 4. The number of aromatic nitrogens is 1. The van der Waals surface area contributed by atoms with E-state index in [0.29, 0.717) is 55.7 Å². The molecule has 4 aromatic carbocycles. The zero-order valence-electron chi connectivity index (χ0n) is 34.6. The minimum atomic E-state index is -5.08. The van der Waals surface area contributed by atoms with Gasteiger partial charge in [0.05, 0.1) is 47.1 Å². The van der Waals surface area contributed by atoms with E-state index in [9.17, 15) is 57.5 Å². The minimum Gasteiger partial charge on any atom is -0.361 e. The SMILES string of the molecule is CCCS(=O)(=O)c1ccc(C2C(OCc3cc(C(F)(F)F)cc(C(F)(F)F)c3)OCCN2C(=O)CN2CCC(c3c[nH]c4ccc(NC(=O)c5ccc(C(F)(F)F)cc5)cc34)CC2)cc1. The highest BCUT2D eigenvalue weighted by molar-refractivity contribution is 7.91. The van der Waals surface area contributed by atoms with E-state index in [4.69, 9.17) is 9.47 Å². The number of nitrogens with one attached hydrogen (secondary N) is 2. The van der Waals surface area contributed by atoms with Crippen molar-refractivity contribution >= 4 is 38.2 Å². The number of sulfone groups is 1.